The minimum absolute atomic E-state index is 0.125. The highest BCUT2D eigenvalue weighted by Crippen LogP contribution is 2.29. The van der Waals surface area contributed by atoms with Crippen LogP contribution in [0.4, 0.5) is 11.5 Å². The molecule has 5 aromatic rings. The van der Waals surface area contributed by atoms with Gasteiger partial charge in [0.1, 0.15) is 17.1 Å². The highest BCUT2D eigenvalue weighted by molar-refractivity contribution is 5.69. The number of benzene rings is 1. The quantitative estimate of drug-likeness (QED) is 0.330. The summed E-state index contributed by atoms with van der Waals surface area (Å²) in [6.07, 6.45) is 7.87. The summed E-state index contributed by atoms with van der Waals surface area (Å²) in [6, 6.07) is 11.3. The first-order valence-corrected chi connectivity index (χ1v) is 13.9. The summed E-state index contributed by atoms with van der Waals surface area (Å²) in [5.74, 6) is 7.50. The Balaban J connectivity index is 1.17. The van der Waals surface area contributed by atoms with Crippen molar-refractivity contribution < 1.29 is 5.11 Å². The van der Waals surface area contributed by atoms with E-state index in [0.717, 1.165) is 48.8 Å². The molecule has 6 rings (SSSR count). The zero-order valence-corrected chi connectivity index (χ0v) is 23.8. The number of aromatic nitrogens is 7. The number of phenols is 1. The van der Waals surface area contributed by atoms with Crippen LogP contribution in [0.5, 0.6) is 5.75 Å². The van der Waals surface area contributed by atoms with E-state index in [1.165, 1.54) is 0 Å². The molecule has 1 atom stereocenters. The molecule has 1 aromatic carbocycles. The molecule has 11 nitrogen and oxygen atoms in total. The number of aryl methyl sites for hydroxylation is 2. The minimum Gasteiger partial charge on any atom is -0.507 e. The van der Waals surface area contributed by atoms with E-state index in [-0.39, 0.29) is 23.9 Å². The summed E-state index contributed by atoms with van der Waals surface area (Å²) in [6.45, 7) is 8.57. The molecule has 1 N–H and O–H groups in total. The normalized spacial score (nSPS) is 15.4. The Kier molecular flexibility index (Phi) is 7.27. The van der Waals surface area contributed by atoms with E-state index < -0.39 is 0 Å². The van der Waals surface area contributed by atoms with Gasteiger partial charge >= 0.3 is 0 Å². The molecule has 1 aliphatic rings. The summed E-state index contributed by atoms with van der Waals surface area (Å²) in [7, 11) is 0. The number of nitrogens with zero attached hydrogens (tertiary/aromatic N) is 9. The lowest BCUT2D eigenvalue weighted by Crippen LogP contribution is -2.35. The molecule has 0 bridgehead atoms. The van der Waals surface area contributed by atoms with Crippen molar-refractivity contribution in [3.63, 3.8) is 0 Å². The van der Waals surface area contributed by atoms with E-state index >= 15 is 0 Å². The first kappa shape index (κ1) is 27.0. The van der Waals surface area contributed by atoms with Gasteiger partial charge in [0, 0.05) is 55.4 Å². The molecule has 42 heavy (non-hydrogen) atoms. The van der Waals surface area contributed by atoms with Gasteiger partial charge in [-0.15, -0.1) is 0 Å². The van der Waals surface area contributed by atoms with Crippen molar-refractivity contribution in [2.24, 2.45) is 0 Å². The number of rotatable bonds is 4. The lowest BCUT2D eigenvalue weighted by atomic mass is 10.1. The first-order chi connectivity index (χ1) is 20.4. The van der Waals surface area contributed by atoms with Crippen LogP contribution < -0.4 is 15.4 Å². The summed E-state index contributed by atoms with van der Waals surface area (Å²) in [5, 5.41) is 23.1. The zero-order chi connectivity index (χ0) is 29.2. The van der Waals surface area contributed by atoms with Gasteiger partial charge in [0.05, 0.1) is 29.8 Å². The standard InChI is InChI=1S/C31H31N9O2/c1-21-11-14-37(24-19-26(35-33-20-24)25-7-4-5-8-27(25)41)15-17-39(21)29-10-12-32-28(34-29)9-6-13-38-16-18-40-30(31(38)42)22(2)23(3)36-40/h4-5,7-8,10,12,16,18-21,41H,11,13-15,17H2,1-3H3/t21-/m0/s1. The molecule has 1 fully saturated rings. The summed E-state index contributed by atoms with van der Waals surface area (Å²) < 4.78 is 3.19. The second-order valence-electron chi connectivity index (χ2n) is 10.4. The molecule has 212 valence electrons. The highest BCUT2D eigenvalue weighted by Gasteiger charge is 2.23. The topological polar surface area (TPSA) is 118 Å². The average molecular weight is 562 g/mol. The lowest BCUT2D eigenvalue weighted by Gasteiger charge is -2.27. The van der Waals surface area contributed by atoms with E-state index in [2.05, 4.69) is 48.8 Å². The number of fused-ring (bicyclic) bond motifs is 1. The van der Waals surface area contributed by atoms with Crippen molar-refractivity contribution in [2.45, 2.75) is 39.8 Å². The van der Waals surface area contributed by atoms with Gasteiger partial charge in [-0.1, -0.05) is 18.1 Å². The fourth-order valence-electron chi connectivity index (χ4n) is 5.25. The van der Waals surface area contributed by atoms with Crippen molar-refractivity contribution >= 4 is 17.0 Å². The van der Waals surface area contributed by atoms with Gasteiger partial charge in [0.15, 0.2) is 0 Å². The number of phenolic OH excluding ortho intramolecular Hbond substituents is 1. The Bertz CT molecular complexity index is 1890. The molecule has 1 aliphatic heterocycles. The molecule has 5 heterocycles. The predicted molar refractivity (Wildman–Crippen MR) is 161 cm³/mol. The van der Waals surface area contributed by atoms with E-state index in [1.54, 1.807) is 46.0 Å². The van der Waals surface area contributed by atoms with Crippen LogP contribution in [0.15, 0.2) is 66.0 Å². The Morgan fingerprint density at radius 3 is 2.81 bits per heavy atom. The third-order valence-electron chi connectivity index (χ3n) is 7.77. The highest BCUT2D eigenvalue weighted by atomic mass is 16.3. The van der Waals surface area contributed by atoms with Gasteiger partial charge in [0.2, 0.25) is 5.82 Å². The van der Waals surface area contributed by atoms with Gasteiger partial charge in [-0.05, 0) is 57.4 Å². The molecule has 0 unspecified atom stereocenters. The number of hydrogen-bond donors (Lipinski definition) is 1. The third-order valence-corrected chi connectivity index (χ3v) is 7.77. The van der Waals surface area contributed by atoms with Crippen LogP contribution in [0, 0.1) is 25.7 Å². The van der Waals surface area contributed by atoms with Crippen molar-refractivity contribution in [1.82, 2.24) is 34.3 Å². The van der Waals surface area contributed by atoms with Crippen molar-refractivity contribution in [3.05, 3.63) is 88.6 Å². The van der Waals surface area contributed by atoms with Gasteiger partial charge in [-0.2, -0.15) is 15.3 Å². The van der Waals surface area contributed by atoms with E-state index in [0.29, 0.717) is 22.6 Å². The van der Waals surface area contributed by atoms with Crippen LogP contribution in [-0.4, -0.2) is 65.1 Å². The van der Waals surface area contributed by atoms with Crippen LogP contribution in [0.3, 0.4) is 0 Å². The fourth-order valence-corrected chi connectivity index (χ4v) is 5.25. The summed E-state index contributed by atoms with van der Waals surface area (Å²) in [5.41, 5.74) is 4.40. The van der Waals surface area contributed by atoms with Crippen LogP contribution in [0.2, 0.25) is 0 Å². The predicted octanol–water partition coefficient (Wildman–Crippen LogP) is 3.22. The number of hydrogen-bond acceptors (Lipinski definition) is 9. The van der Waals surface area contributed by atoms with Gasteiger partial charge in [-0.25, -0.2) is 14.5 Å². The maximum absolute atomic E-state index is 12.9. The van der Waals surface area contributed by atoms with Gasteiger partial charge in [-0.3, -0.25) is 4.79 Å². The fraction of sp³-hybridized carbons (Fsp3) is 0.290. The Hall–Kier alpha value is -5.24. The monoisotopic (exact) mass is 561 g/mol. The molecule has 0 radical (unpaired) electrons. The van der Waals surface area contributed by atoms with Crippen molar-refractivity contribution in [2.75, 3.05) is 29.4 Å². The van der Waals surface area contributed by atoms with Crippen molar-refractivity contribution in [1.29, 1.82) is 0 Å². The van der Waals surface area contributed by atoms with Crippen LogP contribution in [0.25, 0.3) is 16.8 Å². The second kappa shape index (κ2) is 11.3. The van der Waals surface area contributed by atoms with Crippen LogP contribution in [-0.2, 0) is 6.54 Å². The summed E-state index contributed by atoms with van der Waals surface area (Å²) in [4.78, 5) is 26.6. The molecule has 1 saturated heterocycles. The second-order valence-corrected chi connectivity index (χ2v) is 10.4. The molecule has 0 spiro atoms. The minimum atomic E-state index is -0.125. The molecule has 4 aromatic heterocycles. The maximum Gasteiger partial charge on any atom is 0.277 e. The van der Waals surface area contributed by atoms with Crippen molar-refractivity contribution in [3.8, 4) is 28.8 Å². The third kappa shape index (κ3) is 5.26. The Morgan fingerprint density at radius 1 is 1.10 bits per heavy atom. The smallest absolute Gasteiger partial charge is 0.277 e. The molecule has 0 aliphatic carbocycles. The molecule has 0 amide bonds. The largest absolute Gasteiger partial charge is 0.507 e. The zero-order valence-electron chi connectivity index (χ0n) is 23.8. The number of aromatic hydroxyl groups is 1. The van der Waals surface area contributed by atoms with Crippen LogP contribution in [0.1, 0.15) is 30.4 Å². The maximum atomic E-state index is 12.9. The Morgan fingerprint density at radius 2 is 1.95 bits per heavy atom. The lowest BCUT2D eigenvalue weighted by molar-refractivity contribution is 0.477. The average Bonchev–Trinajstić information content (AvgIpc) is 3.16. The summed E-state index contributed by atoms with van der Waals surface area (Å²) >= 11 is 0. The molecular weight excluding hydrogens is 530 g/mol. The SMILES string of the molecule is Cc1nn2ccn(CC#Cc3nccc(N4CCN(c5cnnc(-c6ccccc6O)c5)CC[C@@H]4C)n3)c(=O)c2c1C. The Labute approximate surface area is 243 Å². The van der Waals surface area contributed by atoms with Gasteiger partial charge in [0.25, 0.3) is 5.56 Å². The van der Waals surface area contributed by atoms with E-state index in [9.17, 15) is 9.90 Å². The van der Waals surface area contributed by atoms with E-state index in [1.807, 2.05) is 38.1 Å². The van der Waals surface area contributed by atoms with Gasteiger partial charge < -0.3 is 19.5 Å². The molecular formula is C31H31N9O2. The van der Waals surface area contributed by atoms with Crippen LogP contribution >= 0.6 is 0 Å². The number of anilines is 2. The first-order valence-electron chi connectivity index (χ1n) is 13.9. The van der Waals surface area contributed by atoms with E-state index in [4.69, 9.17) is 4.98 Å². The number of para-hydroxylation sites is 1. The molecule has 0 saturated carbocycles. The molecule has 11 heteroatoms.